The van der Waals surface area contributed by atoms with Gasteiger partial charge in [-0.1, -0.05) is 31.2 Å². The third-order valence-electron chi connectivity index (χ3n) is 4.77. The van der Waals surface area contributed by atoms with Crippen LogP contribution >= 0.6 is 12.4 Å². The summed E-state index contributed by atoms with van der Waals surface area (Å²) in [6.45, 7) is 4.90. The highest BCUT2D eigenvalue weighted by Gasteiger charge is 2.37. The van der Waals surface area contributed by atoms with Crippen molar-refractivity contribution in [3.63, 3.8) is 0 Å². The largest absolute Gasteiger partial charge is 0.418 e. The van der Waals surface area contributed by atoms with E-state index in [2.05, 4.69) is 10.3 Å². The van der Waals surface area contributed by atoms with Crippen molar-refractivity contribution in [2.24, 2.45) is 11.1 Å². The molecule has 1 unspecified atom stereocenters. The van der Waals surface area contributed by atoms with E-state index < -0.39 is 11.7 Å². The van der Waals surface area contributed by atoms with Crippen LogP contribution in [0.25, 0.3) is 5.69 Å². The molecular formula is C17H21ClF3N5O. The summed E-state index contributed by atoms with van der Waals surface area (Å²) in [4.78, 5) is 14.3. The second-order valence-corrected chi connectivity index (χ2v) is 7.17. The summed E-state index contributed by atoms with van der Waals surface area (Å²) in [5, 5.41) is 7.50. The Morgan fingerprint density at radius 1 is 1.30 bits per heavy atom. The zero-order valence-electron chi connectivity index (χ0n) is 14.9. The molecule has 0 radical (unpaired) electrons. The van der Waals surface area contributed by atoms with Gasteiger partial charge >= 0.3 is 6.18 Å². The monoisotopic (exact) mass is 403 g/mol. The number of benzene rings is 1. The molecule has 0 aliphatic carbocycles. The van der Waals surface area contributed by atoms with E-state index in [9.17, 15) is 18.0 Å². The maximum Gasteiger partial charge on any atom is 0.418 e. The lowest BCUT2D eigenvalue weighted by atomic mass is 9.79. The number of halogens is 4. The maximum atomic E-state index is 13.2. The molecule has 0 spiro atoms. The van der Waals surface area contributed by atoms with E-state index >= 15 is 0 Å². The Labute approximate surface area is 160 Å². The second-order valence-electron chi connectivity index (χ2n) is 7.17. The third-order valence-corrected chi connectivity index (χ3v) is 4.77. The Morgan fingerprint density at radius 3 is 2.59 bits per heavy atom. The fourth-order valence-electron chi connectivity index (χ4n) is 3.10. The van der Waals surface area contributed by atoms with Gasteiger partial charge in [0.1, 0.15) is 0 Å². The van der Waals surface area contributed by atoms with Crippen LogP contribution in [0, 0.1) is 5.41 Å². The Kier molecular flexibility index (Phi) is 5.86. The summed E-state index contributed by atoms with van der Waals surface area (Å²) in [6, 6.07) is 5.01. The van der Waals surface area contributed by atoms with Crippen molar-refractivity contribution in [1.29, 1.82) is 0 Å². The number of nitrogens with zero attached hydrogens (tertiary/aromatic N) is 4. The summed E-state index contributed by atoms with van der Waals surface area (Å²) in [5.74, 6) is -0.360. The van der Waals surface area contributed by atoms with Crippen LogP contribution in [0.15, 0.2) is 30.5 Å². The van der Waals surface area contributed by atoms with Crippen LogP contribution in [-0.2, 0) is 6.18 Å². The highest BCUT2D eigenvalue weighted by molar-refractivity contribution is 5.92. The molecule has 10 heteroatoms. The van der Waals surface area contributed by atoms with Crippen LogP contribution in [0.4, 0.5) is 13.2 Å². The van der Waals surface area contributed by atoms with Gasteiger partial charge in [0.15, 0.2) is 5.69 Å². The number of hydrogen-bond acceptors (Lipinski definition) is 4. The molecule has 3 rings (SSSR count). The van der Waals surface area contributed by atoms with Gasteiger partial charge in [0.25, 0.3) is 5.91 Å². The van der Waals surface area contributed by atoms with Gasteiger partial charge < -0.3 is 10.6 Å². The molecule has 0 saturated carbocycles. The molecule has 1 aromatic carbocycles. The number of nitrogens with two attached hydrogens (primary N) is 1. The average molecular weight is 404 g/mol. The van der Waals surface area contributed by atoms with Crippen molar-refractivity contribution in [2.75, 3.05) is 13.1 Å². The summed E-state index contributed by atoms with van der Waals surface area (Å²) in [6.07, 6.45) is -2.64. The number of hydrogen-bond donors (Lipinski definition) is 1. The van der Waals surface area contributed by atoms with Crippen molar-refractivity contribution < 1.29 is 18.0 Å². The molecule has 1 saturated heterocycles. The van der Waals surface area contributed by atoms with Gasteiger partial charge in [-0.25, -0.2) is 4.68 Å². The molecule has 148 valence electrons. The first-order valence-corrected chi connectivity index (χ1v) is 8.23. The molecular weight excluding hydrogens is 383 g/mol. The second kappa shape index (κ2) is 7.47. The van der Waals surface area contributed by atoms with Crippen molar-refractivity contribution >= 4 is 18.3 Å². The van der Waals surface area contributed by atoms with Gasteiger partial charge in [-0.3, -0.25) is 4.79 Å². The summed E-state index contributed by atoms with van der Waals surface area (Å²) >= 11 is 0. The molecule has 0 bridgehead atoms. The molecule has 1 atom stereocenters. The van der Waals surface area contributed by atoms with E-state index in [1.807, 2.05) is 13.8 Å². The first-order chi connectivity index (χ1) is 12.1. The smallest absolute Gasteiger partial charge is 0.337 e. The SMILES string of the molecule is CC1(C)CN(C(=O)c2cn(-c3ccccc3C(F)(F)F)nn2)CCC1N.Cl. The predicted molar refractivity (Wildman–Crippen MR) is 95.9 cm³/mol. The Bertz CT molecular complexity index is 821. The number of carbonyl (C=O) groups excluding carboxylic acids is 1. The normalized spacial score (nSPS) is 19.5. The Morgan fingerprint density at radius 2 is 1.96 bits per heavy atom. The average Bonchev–Trinajstić information content (AvgIpc) is 3.06. The van der Waals surface area contributed by atoms with E-state index in [0.29, 0.717) is 19.5 Å². The molecule has 2 N–H and O–H groups in total. The van der Waals surface area contributed by atoms with Crippen molar-refractivity contribution in [1.82, 2.24) is 19.9 Å². The number of piperidine rings is 1. The van der Waals surface area contributed by atoms with Crippen molar-refractivity contribution in [3.05, 3.63) is 41.7 Å². The maximum absolute atomic E-state index is 13.2. The van der Waals surface area contributed by atoms with Gasteiger partial charge in [-0.2, -0.15) is 13.2 Å². The zero-order valence-corrected chi connectivity index (χ0v) is 15.7. The van der Waals surface area contributed by atoms with Crippen molar-refractivity contribution in [2.45, 2.75) is 32.5 Å². The zero-order chi connectivity index (χ0) is 19.1. The predicted octanol–water partition coefficient (Wildman–Crippen LogP) is 2.91. The Hall–Kier alpha value is -2.13. The van der Waals surface area contributed by atoms with Gasteiger partial charge in [-0.15, -0.1) is 17.5 Å². The quantitative estimate of drug-likeness (QED) is 0.836. The number of rotatable bonds is 2. The molecule has 2 heterocycles. The van der Waals surface area contributed by atoms with E-state index in [1.165, 1.54) is 24.4 Å². The fraction of sp³-hybridized carbons (Fsp3) is 0.471. The molecule has 1 fully saturated rings. The molecule has 6 nitrogen and oxygen atoms in total. The minimum Gasteiger partial charge on any atom is -0.337 e. The van der Waals surface area contributed by atoms with E-state index in [0.717, 1.165) is 10.7 Å². The van der Waals surface area contributed by atoms with E-state index in [1.54, 1.807) is 4.90 Å². The number of aromatic nitrogens is 3. The minimum absolute atomic E-state index is 0. The van der Waals surface area contributed by atoms with Crippen LogP contribution < -0.4 is 5.73 Å². The van der Waals surface area contributed by atoms with Crippen LogP contribution in [0.2, 0.25) is 0 Å². The van der Waals surface area contributed by atoms with Crippen LogP contribution in [0.3, 0.4) is 0 Å². The highest BCUT2D eigenvalue weighted by Crippen LogP contribution is 2.33. The first-order valence-electron chi connectivity index (χ1n) is 8.23. The van der Waals surface area contributed by atoms with Gasteiger partial charge in [0.05, 0.1) is 17.4 Å². The molecule has 1 aliphatic rings. The van der Waals surface area contributed by atoms with Crippen LogP contribution in [-0.4, -0.2) is 44.9 Å². The topological polar surface area (TPSA) is 77.0 Å². The minimum atomic E-state index is -4.53. The van der Waals surface area contributed by atoms with E-state index in [-0.39, 0.29) is 41.2 Å². The highest BCUT2D eigenvalue weighted by atomic mass is 35.5. The third kappa shape index (κ3) is 4.24. The lowest BCUT2D eigenvalue weighted by Gasteiger charge is -2.42. The molecule has 27 heavy (non-hydrogen) atoms. The number of amides is 1. The van der Waals surface area contributed by atoms with E-state index in [4.69, 9.17) is 5.73 Å². The van der Waals surface area contributed by atoms with Gasteiger partial charge in [0.2, 0.25) is 0 Å². The standard InChI is InChI=1S/C17H20F3N5O.ClH/c1-16(2)10-24(8-7-14(16)21)15(26)12-9-25(23-22-12)13-6-4-3-5-11(13)17(18,19)20;/h3-6,9,14H,7-8,10,21H2,1-2H3;1H. The lowest BCUT2D eigenvalue weighted by molar-refractivity contribution is -0.137. The first kappa shape index (κ1) is 21.2. The van der Waals surface area contributed by atoms with Gasteiger partial charge in [-0.05, 0) is 24.0 Å². The summed E-state index contributed by atoms with van der Waals surface area (Å²) < 4.78 is 40.5. The summed E-state index contributed by atoms with van der Waals surface area (Å²) in [5.41, 5.74) is 4.83. The number of alkyl halides is 3. The Balaban J connectivity index is 0.00000261. The van der Waals surface area contributed by atoms with Gasteiger partial charge in [0, 0.05) is 19.1 Å². The van der Waals surface area contributed by atoms with Crippen LogP contribution in [0.5, 0.6) is 0 Å². The van der Waals surface area contributed by atoms with Crippen molar-refractivity contribution in [3.8, 4) is 5.69 Å². The molecule has 1 aliphatic heterocycles. The number of carbonyl (C=O) groups is 1. The molecule has 1 amide bonds. The lowest BCUT2D eigenvalue weighted by Crippen LogP contribution is -2.54. The number of likely N-dealkylation sites (tertiary alicyclic amines) is 1. The number of para-hydroxylation sites is 1. The molecule has 2 aromatic rings. The summed E-state index contributed by atoms with van der Waals surface area (Å²) in [7, 11) is 0. The fourth-order valence-corrected chi connectivity index (χ4v) is 3.10. The molecule has 1 aromatic heterocycles. The van der Waals surface area contributed by atoms with Crippen LogP contribution in [0.1, 0.15) is 36.3 Å².